The molecule has 2 aromatic carbocycles. The summed E-state index contributed by atoms with van der Waals surface area (Å²) in [5.41, 5.74) is 3.77. The molecule has 4 rings (SSSR count). The third-order valence-electron chi connectivity index (χ3n) is 4.99. The lowest BCUT2D eigenvalue weighted by atomic mass is 10.2. The number of carbonyl (C=O) groups excluding carboxylic acids is 2. The van der Waals surface area contributed by atoms with Gasteiger partial charge in [-0.25, -0.2) is 0 Å². The van der Waals surface area contributed by atoms with E-state index in [1.165, 1.54) is 11.8 Å². The summed E-state index contributed by atoms with van der Waals surface area (Å²) < 4.78 is 1.94. The highest BCUT2D eigenvalue weighted by molar-refractivity contribution is 7.99. The molecule has 30 heavy (non-hydrogen) atoms. The van der Waals surface area contributed by atoms with Crippen molar-refractivity contribution in [2.24, 2.45) is 0 Å². The van der Waals surface area contributed by atoms with Crippen LogP contribution in [0.25, 0.3) is 5.69 Å². The number of nitrogens with zero attached hydrogens (tertiary/aromatic N) is 4. The van der Waals surface area contributed by atoms with Crippen molar-refractivity contribution >= 4 is 35.0 Å². The number of para-hydroxylation sites is 1. The fraction of sp³-hybridized carbons (Fsp3) is 0.273. The molecule has 3 aromatic rings. The van der Waals surface area contributed by atoms with Crippen molar-refractivity contribution in [1.82, 2.24) is 14.8 Å². The molecule has 1 saturated heterocycles. The van der Waals surface area contributed by atoms with E-state index in [1.807, 2.05) is 60.0 Å². The highest BCUT2D eigenvalue weighted by atomic mass is 32.2. The number of hydrogen-bond donors (Lipinski definition) is 1. The maximum atomic E-state index is 12.3. The number of benzene rings is 2. The van der Waals surface area contributed by atoms with Gasteiger partial charge >= 0.3 is 0 Å². The predicted molar refractivity (Wildman–Crippen MR) is 118 cm³/mol. The Morgan fingerprint density at radius 3 is 2.70 bits per heavy atom. The molecule has 1 aliphatic heterocycles. The number of aromatic nitrogens is 3. The minimum atomic E-state index is -0.0607. The minimum absolute atomic E-state index is 0.0607. The predicted octanol–water partition coefficient (Wildman–Crippen LogP) is 3.82. The third kappa shape index (κ3) is 4.54. The van der Waals surface area contributed by atoms with Gasteiger partial charge in [-0.15, -0.1) is 10.2 Å². The molecule has 1 fully saturated rings. The van der Waals surface area contributed by atoms with Crippen LogP contribution in [-0.2, 0) is 9.59 Å². The van der Waals surface area contributed by atoms with E-state index in [0.29, 0.717) is 18.6 Å². The van der Waals surface area contributed by atoms with E-state index in [9.17, 15) is 9.59 Å². The zero-order valence-electron chi connectivity index (χ0n) is 16.7. The van der Waals surface area contributed by atoms with E-state index in [2.05, 4.69) is 15.5 Å². The Kier molecular flexibility index (Phi) is 6.13. The average molecular weight is 422 g/mol. The molecular weight excluding hydrogens is 398 g/mol. The summed E-state index contributed by atoms with van der Waals surface area (Å²) in [4.78, 5) is 25.9. The van der Waals surface area contributed by atoms with Crippen LogP contribution in [0, 0.1) is 6.92 Å². The molecule has 7 nitrogen and oxygen atoms in total. The number of aryl methyl sites for hydroxylation is 1. The molecule has 0 unspecified atom stereocenters. The lowest BCUT2D eigenvalue weighted by Crippen LogP contribution is -2.23. The molecule has 2 amide bonds. The molecular formula is C22H23N5O2S. The quantitative estimate of drug-likeness (QED) is 0.587. The second kappa shape index (κ2) is 9.13. The molecule has 0 spiro atoms. The van der Waals surface area contributed by atoms with Gasteiger partial charge in [0, 0.05) is 36.5 Å². The van der Waals surface area contributed by atoms with Gasteiger partial charge in [0.2, 0.25) is 11.8 Å². The molecule has 1 aromatic heterocycles. The molecule has 154 valence electrons. The zero-order chi connectivity index (χ0) is 20.9. The maximum Gasteiger partial charge on any atom is 0.227 e. The Labute approximate surface area is 179 Å². The Balaban J connectivity index is 1.29. The van der Waals surface area contributed by atoms with Crippen LogP contribution in [0.15, 0.2) is 60.0 Å². The molecule has 0 atom stereocenters. The number of rotatable bonds is 7. The van der Waals surface area contributed by atoms with Gasteiger partial charge in [-0.3, -0.25) is 14.2 Å². The summed E-state index contributed by atoms with van der Waals surface area (Å²) in [5, 5.41) is 11.9. The first-order valence-corrected chi connectivity index (χ1v) is 10.9. The number of carbonyl (C=O) groups is 2. The minimum Gasteiger partial charge on any atom is -0.326 e. The molecule has 0 radical (unpaired) electrons. The SMILES string of the molecule is Cc1ccccc1-n1cnnc1SCCC(=O)Nc1ccc(N2CCCC2=O)cc1. The smallest absolute Gasteiger partial charge is 0.227 e. The van der Waals surface area contributed by atoms with Crippen LogP contribution in [-0.4, -0.2) is 38.9 Å². The second-order valence-corrected chi connectivity index (χ2v) is 8.17. The maximum absolute atomic E-state index is 12.3. The summed E-state index contributed by atoms with van der Waals surface area (Å²) in [6, 6.07) is 15.5. The summed E-state index contributed by atoms with van der Waals surface area (Å²) in [7, 11) is 0. The Bertz CT molecular complexity index is 1050. The van der Waals surface area contributed by atoms with E-state index in [4.69, 9.17) is 0 Å². The van der Waals surface area contributed by atoms with Crippen molar-refractivity contribution in [1.29, 1.82) is 0 Å². The number of hydrogen-bond acceptors (Lipinski definition) is 5. The monoisotopic (exact) mass is 421 g/mol. The summed E-state index contributed by atoms with van der Waals surface area (Å²) in [5.74, 6) is 0.688. The van der Waals surface area contributed by atoms with E-state index >= 15 is 0 Å². The molecule has 0 bridgehead atoms. The molecule has 0 aliphatic carbocycles. The van der Waals surface area contributed by atoms with Gasteiger partial charge in [-0.1, -0.05) is 30.0 Å². The van der Waals surface area contributed by atoms with Gasteiger partial charge in [0.25, 0.3) is 0 Å². The Hall–Kier alpha value is -3.13. The van der Waals surface area contributed by atoms with Crippen LogP contribution in [0.3, 0.4) is 0 Å². The lowest BCUT2D eigenvalue weighted by Gasteiger charge is -2.16. The zero-order valence-corrected chi connectivity index (χ0v) is 17.6. The fourth-order valence-corrected chi connectivity index (χ4v) is 4.29. The summed E-state index contributed by atoms with van der Waals surface area (Å²) in [6.07, 6.45) is 3.55. The van der Waals surface area contributed by atoms with Crippen LogP contribution < -0.4 is 10.2 Å². The average Bonchev–Trinajstić information content (AvgIpc) is 3.38. The van der Waals surface area contributed by atoms with Gasteiger partial charge < -0.3 is 10.2 Å². The van der Waals surface area contributed by atoms with Crippen molar-refractivity contribution in [2.75, 3.05) is 22.5 Å². The molecule has 1 N–H and O–H groups in total. The first-order valence-electron chi connectivity index (χ1n) is 9.91. The number of anilines is 2. The highest BCUT2D eigenvalue weighted by Crippen LogP contribution is 2.24. The van der Waals surface area contributed by atoms with Crippen LogP contribution in [0.5, 0.6) is 0 Å². The summed E-state index contributed by atoms with van der Waals surface area (Å²) >= 11 is 1.50. The largest absolute Gasteiger partial charge is 0.326 e. The van der Waals surface area contributed by atoms with E-state index in [-0.39, 0.29) is 11.8 Å². The summed E-state index contributed by atoms with van der Waals surface area (Å²) in [6.45, 7) is 2.80. The molecule has 0 saturated carbocycles. The van der Waals surface area contributed by atoms with Gasteiger partial charge in [-0.2, -0.15) is 0 Å². The van der Waals surface area contributed by atoms with Crippen LogP contribution in [0.1, 0.15) is 24.8 Å². The fourth-order valence-electron chi connectivity index (χ4n) is 3.43. The van der Waals surface area contributed by atoms with Crippen LogP contribution in [0.4, 0.5) is 11.4 Å². The highest BCUT2D eigenvalue weighted by Gasteiger charge is 2.21. The second-order valence-electron chi connectivity index (χ2n) is 7.11. The Morgan fingerprint density at radius 1 is 1.17 bits per heavy atom. The number of amides is 2. The van der Waals surface area contributed by atoms with Gasteiger partial charge in [-0.05, 0) is 49.2 Å². The molecule has 2 heterocycles. The van der Waals surface area contributed by atoms with E-state index in [1.54, 1.807) is 11.2 Å². The van der Waals surface area contributed by atoms with E-state index in [0.717, 1.165) is 40.7 Å². The van der Waals surface area contributed by atoms with Gasteiger partial charge in [0.15, 0.2) is 5.16 Å². The molecule has 8 heteroatoms. The van der Waals surface area contributed by atoms with E-state index < -0.39 is 0 Å². The Morgan fingerprint density at radius 2 is 1.97 bits per heavy atom. The molecule has 1 aliphatic rings. The van der Waals surface area contributed by atoms with Crippen LogP contribution >= 0.6 is 11.8 Å². The number of nitrogens with one attached hydrogen (secondary N) is 1. The van der Waals surface area contributed by atoms with Crippen molar-refractivity contribution in [3.8, 4) is 5.69 Å². The third-order valence-corrected chi connectivity index (χ3v) is 5.93. The first kappa shape index (κ1) is 20.2. The van der Waals surface area contributed by atoms with Crippen molar-refractivity contribution in [3.63, 3.8) is 0 Å². The normalized spacial score (nSPS) is 13.6. The van der Waals surface area contributed by atoms with Crippen molar-refractivity contribution in [3.05, 3.63) is 60.4 Å². The van der Waals surface area contributed by atoms with Crippen molar-refractivity contribution < 1.29 is 9.59 Å². The van der Waals surface area contributed by atoms with Gasteiger partial charge in [0.1, 0.15) is 6.33 Å². The van der Waals surface area contributed by atoms with Crippen molar-refractivity contribution in [2.45, 2.75) is 31.3 Å². The van der Waals surface area contributed by atoms with Gasteiger partial charge in [0.05, 0.1) is 5.69 Å². The number of thioether (sulfide) groups is 1. The van der Waals surface area contributed by atoms with Crippen LogP contribution in [0.2, 0.25) is 0 Å². The first-order chi connectivity index (χ1) is 14.6. The topological polar surface area (TPSA) is 80.1 Å². The lowest BCUT2D eigenvalue weighted by molar-refractivity contribution is -0.117. The standard InChI is InChI=1S/C22H23N5O2S/c1-16-5-2-3-6-19(16)27-15-23-25-22(27)30-14-12-20(28)24-17-8-10-18(11-9-17)26-13-4-7-21(26)29/h2-3,5-6,8-11,15H,4,7,12-14H2,1H3,(H,24,28).